The smallest absolute Gasteiger partial charge is 0.410 e. The average molecular weight is 489 g/mol. The number of aliphatic hydroxyl groups excluding tert-OH is 1. The number of aryl methyl sites for hydroxylation is 1. The molecular weight excluding hydrogens is 448 g/mol. The van der Waals surface area contributed by atoms with Gasteiger partial charge >= 0.3 is 12.1 Å². The molecule has 3 rings (SSSR count). The monoisotopic (exact) mass is 488 g/mol. The Hall–Kier alpha value is -2.65. The number of carbonyl (C=O) groups is 2. The number of nitrogens with zero attached hydrogens (tertiary/aromatic N) is 4. The zero-order valence-electron chi connectivity index (χ0n) is 21.6. The van der Waals surface area contributed by atoms with Crippen molar-refractivity contribution >= 4 is 18.1 Å². The molecule has 1 saturated heterocycles. The largest absolute Gasteiger partial charge is 0.457 e. The number of hydrogen-bond acceptors (Lipinski definition) is 7. The first-order valence-corrected chi connectivity index (χ1v) is 12.5. The van der Waals surface area contributed by atoms with Crippen molar-refractivity contribution in [2.24, 2.45) is 18.9 Å². The Bertz CT molecular complexity index is 919. The molecule has 0 radical (unpaired) electrons. The molecule has 0 unspecified atom stereocenters. The number of likely N-dealkylation sites (N-methyl/N-ethyl adjacent to an activating group) is 1. The summed E-state index contributed by atoms with van der Waals surface area (Å²) in [6, 6.07) is 0. The topological polar surface area (TPSA) is 97.1 Å². The maximum atomic E-state index is 12.9. The van der Waals surface area contributed by atoms with Gasteiger partial charge in [-0.15, -0.1) is 0 Å². The van der Waals surface area contributed by atoms with Gasteiger partial charge in [0.2, 0.25) is 0 Å². The Morgan fingerprint density at radius 1 is 1.17 bits per heavy atom. The van der Waals surface area contributed by atoms with Gasteiger partial charge in [-0.25, -0.2) is 4.79 Å². The van der Waals surface area contributed by atoms with Crippen LogP contribution in [0.2, 0.25) is 0 Å². The minimum Gasteiger partial charge on any atom is -0.457 e. The molecule has 0 spiro atoms. The minimum atomic E-state index is -0.805. The summed E-state index contributed by atoms with van der Waals surface area (Å²) in [5.41, 5.74) is 1.78. The number of ether oxygens (including phenoxy) is 2. The first kappa shape index (κ1) is 26.9. The molecular formula is C26H40N4O5. The highest BCUT2D eigenvalue weighted by Crippen LogP contribution is 2.25. The van der Waals surface area contributed by atoms with Crippen LogP contribution >= 0.6 is 0 Å². The molecule has 1 aromatic heterocycles. The quantitative estimate of drug-likeness (QED) is 0.516. The summed E-state index contributed by atoms with van der Waals surface area (Å²) in [6.07, 6.45) is 8.39. The SMILES string of the molecule is C/C(=C\c1cnn(C)c1)[C@H]1OC(=O)C[C@H](O)CC[C@H](C)[C@H](OC(=O)N2CCN(C)CC2)/C=C/[C@@H]1C. The van der Waals surface area contributed by atoms with Crippen LogP contribution in [0.4, 0.5) is 4.79 Å². The van der Waals surface area contributed by atoms with Crippen LogP contribution in [0.3, 0.4) is 0 Å². The van der Waals surface area contributed by atoms with Gasteiger partial charge in [0.1, 0.15) is 12.2 Å². The molecule has 0 bridgehead atoms. The normalized spacial score (nSPS) is 30.7. The molecule has 9 heteroatoms. The van der Waals surface area contributed by atoms with E-state index in [1.807, 2.05) is 59.3 Å². The minimum absolute atomic E-state index is 0.00885. The van der Waals surface area contributed by atoms with Gasteiger partial charge in [-0.05, 0) is 50.5 Å². The Morgan fingerprint density at radius 3 is 2.54 bits per heavy atom. The highest BCUT2D eigenvalue weighted by atomic mass is 16.6. The van der Waals surface area contributed by atoms with E-state index in [0.717, 1.165) is 24.2 Å². The molecule has 2 aliphatic rings. The number of carbonyl (C=O) groups excluding carboxylic acids is 2. The van der Waals surface area contributed by atoms with E-state index in [-0.39, 0.29) is 24.3 Å². The summed E-state index contributed by atoms with van der Waals surface area (Å²) in [4.78, 5) is 29.4. The molecule has 1 amide bonds. The van der Waals surface area contributed by atoms with Crippen molar-refractivity contribution < 1.29 is 24.2 Å². The number of esters is 1. The molecule has 5 atom stereocenters. The van der Waals surface area contributed by atoms with E-state index in [1.54, 1.807) is 15.8 Å². The zero-order chi connectivity index (χ0) is 25.5. The van der Waals surface area contributed by atoms with Gasteiger partial charge in [-0.1, -0.05) is 19.9 Å². The van der Waals surface area contributed by atoms with Gasteiger partial charge < -0.3 is 24.4 Å². The van der Waals surface area contributed by atoms with Crippen molar-refractivity contribution in [1.82, 2.24) is 19.6 Å². The van der Waals surface area contributed by atoms with Crippen molar-refractivity contribution in [3.05, 3.63) is 35.7 Å². The second kappa shape index (κ2) is 12.4. The predicted octanol–water partition coefficient (Wildman–Crippen LogP) is 2.86. The molecule has 194 valence electrons. The zero-order valence-corrected chi connectivity index (χ0v) is 21.6. The van der Waals surface area contributed by atoms with E-state index < -0.39 is 24.3 Å². The molecule has 3 heterocycles. The van der Waals surface area contributed by atoms with E-state index in [0.29, 0.717) is 25.9 Å². The number of amides is 1. The van der Waals surface area contributed by atoms with Crippen LogP contribution in [-0.4, -0.2) is 88.3 Å². The van der Waals surface area contributed by atoms with E-state index in [9.17, 15) is 14.7 Å². The third kappa shape index (κ3) is 7.93. The molecule has 9 nitrogen and oxygen atoms in total. The van der Waals surface area contributed by atoms with Crippen molar-refractivity contribution in [2.45, 2.75) is 58.3 Å². The van der Waals surface area contributed by atoms with Crippen LogP contribution in [-0.2, 0) is 21.3 Å². The van der Waals surface area contributed by atoms with E-state index in [2.05, 4.69) is 10.00 Å². The van der Waals surface area contributed by atoms with Crippen LogP contribution in [0.5, 0.6) is 0 Å². The Morgan fingerprint density at radius 2 is 1.89 bits per heavy atom. The Balaban J connectivity index is 1.80. The summed E-state index contributed by atoms with van der Waals surface area (Å²) in [7, 11) is 3.89. The molecule has 0 aromatic carbocycles. The fourth-order valence-corrected chi connectivity index (χ4v) is 4.49. The van der Waals surface area contributed by atoms with Gasteiger partial charge in [0, 0.05) is 50.9 Å². The Kier molecular flexibility index (Phi) is 9.51. The lowest BCUT2D eigenvalue weighted by molar-refractivity contribution is -0.151. The summed E-state index contributed by atoms with van der Waals surface area (Å²) < 4.78 is 13.5. The average Bonchev–Trinajstić information content (AvgIpc) is 3.22. The fourth-order valence-electron chi connectivity index (χ4n) is 4.49. The van der Waals surface area contributed by atoms with Gasteiger partial charge in [0.05, 0.1) is 18.7 Å². The van der Waals surface area contributed by atoms with Crippen LogP contribution in [0, 0.1) is 11.8 Å². The number of piperazine rings is 1. The summed E-state index contributed by atoms with van der Waals surface area (Å²) >= 11 is 0. The maximum Gasteiger partial charge on any atom is 0.410 e. The first-order chi connectivity index (χ1) is 16.6. The lowest BCUT2D eigenvalue weighted by Crippen LogP contribution is -2.48. The fraction of sp³-hybridized carbons (Fsp3) is 0.654. The number of aliphatic hydroxyl groups is 1. The highest BCUT2D eigenvalue weighted by molar-refractivity contribution is 5.71. The highest BCUT2D eigenvalue weighted by Gasteiger charge is 2.29. The third-order valence-electron chi connectivity index (χ3n) is 6.83. The molecule has 35 heavy (non-hydrogen) atoms. The second-order valence-electron chi connectivity index (χ2n) is 10.0. The van der Waals surface area contributed by atoms with Gasteiger partial charge in [0.25, 0.3) is 0 Å². The number of hydrogen-bond donors (Lipinski definition) is 1. The molecule has 1 aromatic rings. The van der Waals surface area contributed by atoms with E-state index in [1.165, 1.54) is 0 Å². The van der Waals surface area contributed by atoms with Crippen LogP contribution in [0.15, 0.2) is 30.1 Å². The van der Waals surface area contributed by atoms with Gasteiger partial charge in [-0.2, -0.15) is 5.10 Å². The van der Waals surface area contributed by atoms with Crippen LogP contribution < -0.4 is 0 Å². The van der Waals surface area contributed by atoms with E-state index in [4.69, 9.17) is 9.47 Å². The number of aromatic nitrogens is 2. The predicted molar refractivity (Wildman–Crippen MR) is 133 cm³/mol. The van der Waals surface area contributed by atoms with Crippen molar-refractivity contribution in [3.63, 3.8) is 0 Å². The lowest BCUT2D eigenvalue weighted by atomic mass is 9.92. The number of cyclic esters (lactones) is 1. The van der Waals surface area contributed by atoms with Crippen molar-refractivity contribution in [3.8, 4) is 0 Å². The van der Waals surface area contributed by atoms with Gasteiger partial charge in [-0.3, -0.25) is 9.48 Å². The van der Waals surface area contributed by atoms with Crippen molar-refractivity contribution in [1.29, 1.82) is 0 Å². The molecule has 1 fully saturated rings. The molecule has 1 N–H and O–H groups in total. The van der Waals surface area contributed by atoms with Crippen LogP contribution in [0.1, 0.15) is 45.6 Å². The van der Waals surface area contributed by atoms with Crippen molar-refractivity contribution in [2.75, 3.05) is 33.2 Å². The number of rotatable bonds is 3. The maximum absolute atomic E-state index is 12.9. The summed E-state index contributed by atoms with van der Waals surface area (Å²) in [6.45, 7) is 8.84. The summed E-state index contributed by atoms with van der Waals surface area (Å²) in [5.74, 6) is -0.598. The third-order valence-corrected chi connectivity index (χ3v) is 6.83. The van der Waals surface area contributed by atoms with E-state index >= 15 is 0 Å². The standard InChI is InChI=1S/C26H40N4O5/c1-18-6-8-22(31)15-24(32)35-25(20(3)14-21-16-27-29(5)17-21)19(2)7-9-23(18)34-26(33)30-12-10-28(4)11-13-30/h7,9,14,16-19,22-23,25,31H,6,8,10-13,15H2,1-5H3/b9-7+,20-14+/t18-,19-,22+,23+,25-/m0/s1. The molecule has 0 aliphatic carbocycles. The van der Waals surface area contributed by atoms with Gasteiger partial charge in [0.15, 0.2) is 0 Å². The molecule has 0 saturated carbocycles. The Labute approximate surface area is 208 Å². The molecule has 2 aliphatic heterocycles. The first-order valence-electron chi connectivity index (χ1n) is 12.5. The second-order valence-corrected chi connectivity index (χ2v) is 10.0. The summed E-state index contributed by atoms with van der Waals surface area (Å²) in [5, 5.41) is 14.6. The lowest BCUT2D eigenvalue weighted by Gasteiger charge is -2.33. The van der Waals surface area contributed by atoms with Crippen LogP contribution in [0.25, 0.3) is 6.08 Å².